The van der Waals surface area contributed by atoms with Gasteiger partial charge in [-0.3, -0.25) is 0 Å². The highest BCUT2D eigenvalue weighted by molar-refractivity contribution is 7.21. The quantitative estimate of drug-likeness (QED) is 0.589. The minimum Gasteiger partial charge on any atom is -0.461 e. The second-order valence-electron chi connectivity index (χ2n) is 4.50. The fraction of sp³-hybridized carbons (Fsp3) is 0.308. The first-order valence-corrected chi connectivity index (χ1v) is 7.66. The van der Waals surface area contributed by atoms with E-state index in [1.165, 1.54) is 11.3 Å². The summed E-state index contributed by atoms with van der Waals surface area (Å²) in [5.41, 5.74) is 0. The minimum absolute atomic E-state index is 0.0212. The smallest absolute Gasteiger partial charge is 0.349 e. The van der Waals surface area contributed by atoms with Gasteiger partial charge in [-0.15, -0.1) is 34.5 Å². The summed E-state index contributed by atoms with van der Waals surface area (Å²) in [7, 11) is 0. The number of halogens is 3. The molecule has 1 fully saturated rings. The van der Waals surface area contributed by atoms with Crippen LogP contribution in [0.15, 0.2) is 24.3 Å². The highest BCUT2D eigenvalue weighted by Crippen LogP contribution is 2.53. The average Bonchev–Trinajstić information content (AvgIpc) is 2.85. The highest BCUT2D eigenvalue weighted by Gasteiger charge is 2.52. The van der Waals surface area contributed by atoms with Crippen LogP contribution in [0.4, 0.5) is 0 Å². The van der Waals surface area contributed by atoms with Crippen LogP contribution in [-0.2, 0) is 4.74 Å². The summed E-state index contributed by atoms with van der Waals surface area (Å²) in [5.74, 6) is -0.393. The number of rotatable bonds is 3. The van der Waals surface area contributed by atoms with Crippen LogP contribution < -0.4 is 0 Å². The Kier molecular flexibility index (Phi) is 3.42. The van der Waals surface area contributed by atoms with Crippen LogP contribution in [0, 0.1) is 5.92 Å². The molecule has 0 saturated heterocycles. The Labute approximate surface area is 129 Å². The number of esters is 1. The van der Waals surface area contributed by atoms with Gasteiger partial charge in [0.15, 0.2) is 0 Å². The van der Waals surface area contributed by atoms with E-state index in [4.69, 9.17) is 39.5 Å². The zero-order chi connectivity index (χ0) is 13.6. The molecule has 3 rings (SSSR count). The molecule has 1 unspecified atom stereocenters. The molecule has 1 saturated carbocycles. The van der Waals surface area contributed by atoms with Crippen molar-refractivity contribution in [1.82, 2.24) is 0 Å². The number of hydrogen-bond acceptors (Lipinski definition) is 3. The van der Waals surface area contributed by atoms with Crippen molar-refractivity contribution >= 4 is 62.2 Å². The Bertz CT molecular complexity index is 650. The van der Waals surface area contributed by atoms with Gasteiger partial charge in [-0.2, -0.15) is 0 Å². The van der Waals surface area contributed by atoms with Gasteiger partial charge in [-0.05, 0) is 12.5 Å². The summed E-state index contributed by atoms with van der Waals surface area (Å²) in [6, 6.07) is 7.60. The molecule has 1 aliphatic carbocycles. The molecule has 1 aromatic carbocycles. The van der Waals surface area contributed by atoms with E-state index >= 15 is 0 Å². The van der Waals surface area contributed by atoms with Crippen LogP contribution >= 0.6 is 46.1 Å². The Balaban J connectivity index is 1.76. The average molecular weight is 336 g/mol. The minimum atomic E-state index is -0.732. The van der Waals surface area contributed by atoms with Gasteiger partial charge in [0.25, 0.3) is 0 Å². The largest absolute Gasteiger partial charge is 0.461 e. The molecule has 0 aliphatic heterocycles. The first kappa shape index (κ1) is 13.5. The van der Waals surface area contributed by atoms with Gasteiger partial charge in [0, 0.05) is 16.0 Å². The molecular weight excluding hydrogens is 327 g/mol. The second kappa shape index (κ2) is 4.81. The Morgan fingerprint density at radius 3 is 2.74 bits per heavy atom. The van der Waals surface area contributed by atoms with E-state index in [0.717, 1.165) is 10.1 Å². The van der Waals surface area contributed by atoms with Gasteiger partial charge in [-0.1, -0.05) is 29.8 Å². The van der Waals surface area contributed by atoms with Gasteiger partial charge >= 0.3 is 5.97 Å². The van der Waals surface area contributed by atoms with Gasteiger partial charge in [-0.25, -0.2) is 4.79 Å². The molecule has 1 atom stereocenters. The molecule has 0 radical (unpaired) electrons. The standard InChI is InChI=1S/C13H9Cl3O2S/c14-10-8-3-1-2-4-9(8)19-11(10)12(17)18-6-7-5-13(7,15)16/h1-4,7H,5-6H2. The van der Waals surface area contributed by atoms with E-state index in [1.807, 2.05) is 24.3 Å². The fourth-order valence-corrected chi connectivity index (χ4v) is 3.74. The van der Waals surface area contributed by atoms with Crippen LogP contribution in [0.3, 0.4) is 0 Å². The SMILES string of the molecule is O=C(OCC1CC1(Cl)Cl)c1sc2ccccc2c1Cl. The molecule has 2 aromatic rings. The van der Waals surface area contributed by atoms with E-state index in [0.29, 0.717) is 16.3 Å². The number of ether oxygens (including phenoxy) is 1. The lowest BCUT2D eigenvalue weighted by atomic mass is 10.2. The molecule has 0 bridgehead atoms. The highest BCUT2D eigenvalue weighted by atomic mass is 35.5. The third-order valence-electron chi connectivity index (χ3n) is 3.09. The lowest BCUT2D eigenvalue weighted by Crippen LogP contribution is -2.08. The second-order valence-corrected chi connectivity index (χ2v) is 7.47. The van der Waals surface area contributed by atoms with Crippen LogP contribution in [0.25, 0.3) is 10.1 Å². The van der Waals surface area contributed by atoms with E-state index in [2.05, 4.69) is 0 Å². The van der Waals surface area contributed by atoms with Crippen molar-refractivity contribution in [3.05, 3.63) is 34.2 Å². The van der Waals surface area contributed by atoms with Gasteiger partial charge in [0.2, 0.25) is 0 Å². The van der Waals surface area contributed by atoms with Crippen molar-refractivity contribution < 1.29 is 9.53 Å². The Morgan fingerprint density at radius 1 is 1.42 bits per heavy atom. The first-order chi connectivity index (χ1) is 8.99. The van der Waals surface area contributed by atoms with Crippen molar-refractivity contribution in [3.63, 3.8) is 0 Å². The number of carbonyl (C=O) groups excluding carboxylic acids is 1. The van der Waals surface area contributed by atoms with Crippen molar-refractivity contribution in [3.8, 4) is 0 Å². The van der Waals surface area contributed by atoms with E-state index < -0.39 is 10.3 Å². The summed E-state index contributed by atoms with van der Waals surface area (Å²) in [5, 5.41) is 1.32. The molecule has 0 N–H and O–H groups in total. The van der Waals surface area contributed by atoms with E-state index in [-0.39, 0.29) is 12.5 Å². The van der Waals surface area contributed by atoms with E-state index in [1.54, 1.807) is 0 Å². The summed E-state index contributed by atoms with van der Waals surface area (Å²) >= 11 is 19.3. The number of carbonyl (C=O) groups is 1. The third kappa shape index (κ3) is 2.57. The Morgan fingerprint density at radius 2 is 2.11 bits per heavy atom. The zero-order valence-electron chi connectivity index (χ0n) is 9.66. The number of hydrogen-bond donors (Lipinski definition) is 0. The van der Waals surface area contributed by atoms with Crippen LogP contribution in [0.1, 0.15) is 16.1 Å². The molecule has 1 aliphatic rings. The maximum atomic E-state index is 12.0. The molecule has 1 aromatic heterocycles. The molecule has 19 heavy (non-hydrogen) atoms. The van der Waals surface area contributed by atoms with Crippen LogP contribution in [0.2, 0.25) is 5.02 Å². The molecule has 1 heterocycles. The molecule has 100 valence electrons. The molecular formula is C13H9Cl3O2S. The summed E-state index contributed by atoms with van der Waals surface area (Å²) < 4.78 is 5.45. The monoisotopic (exact) mass is 334 g/mol. The zero-order valence-corrected chi connectivity index (χ0v) is 12.7. The van der Waals surface area contributed by atoms with Gasteiger partial charge < -0.3 is 4.74 Å². The fourth-order valence-electron chi connectivity index (χ4n) is 1.84. The molecule has 0 spiro atoms. The number of thiophene rings is 1. The van der Waals surface area contributed by atoms with Crippen molar-refractivity contribution in [2.24, 2.45) is 5.92 Å². The predicted octanol–water partition coefficient (Wildman–Crippen LogP) is 4.91. The van der Waals surface area contributed by atoms with Crippen molar-refractivity contribution in [1.29, 1.82) is 0 Å². The number of alkyl halides is 2. The number of benzene rings is 1. The summed E-state index contributed by atoms with van der Waals surface area (Å²) in [4.78, 5) is 12.4. The molecule has 0 amide bonds. The maximum absolute atomic E-state index is 12.0. The van der Waals surface area contributed by atoms with Crippen LogP contribution in [0.5, 0.6) is 0 Å². The van der Waals surface area contributed by atoms with Crippen LogP contribution in [-0.4, -0.2) is 16.9 Å². The van der Waals surface area contributed by atoms with Gasteiger partial charge in [0.1, 0.15) is 9.21 Å². The molecule has 2 nitrogen and oxygen atoms in total. The van der Waals surface area contributed by atoms with Crippen molar-refractivity contribution in [2.45, 2.75) is 10.8 Å². The maximum Gasteiger partial charge on any atom is 0.349 e. The lowest BCUT2D eigenvalue weighted by molar-refractivity contribution is 0.0491. The summed E-state index contributed by atoms with van der Waals surface area (Å²) in [6.45, 7) is 0.233. The molecule has 6 heteroatoms. The predicted molar refractivity (Wildman–Crippen MR) is 79.7 cm³/mol. The summed E-state index contributed by atoms with van der Waals surface area (Å²) in [6.07, 6.45) is 0.656. The van der Waals surface area contributed by atoms with Crippen molar-refractivity contribution in [2.75, 3.05) is 6.61 Å². The number of fused-ring (bicyclic) bond motifs is 1. The lowest BCUT2D eigenvalue weighted by Gasteiger charge is -2.03. The van der Waals surface area contributed by atoms with E-state index in [9.17, 15) is 4.79 Å². The normalized spacial score (nSPS) is 20.5. The topological polar surface area (TPSA) is 26.3 Å². The first-order valence-electron chi connectivity index (χ1n) is 5.71. The third-order valence-corrected chi connectivity index (χ3v) is 5.67. The Hall–Kier alpha value is -0.480. The van der Waals surface area contributed by atoms with Gasteiger partial charge in [0.05, 0.1) is 11.6 Å².